The molecule has 0 saturated carbocycles. The summed E-state index contributed by atoms with van der Waals surface area (Å²) >= 11 is 9.85. The van der Waals surface area contributed by atoms with E-state index >= 15 is 0 Å². The van der Waals surface area contributed by atoms with E-state index in [0.29, 0.717) is 0 Å². The van der Waals surface area contributed by atoms with Crippen LogP contribution in [0.5, 0.6) is 0 Å². The zero-order valence-electron chi connectivity index (χ0n) is 6.93. The lowest BCUT2D eigenvalue weighted by Gasteiger charge is -2.00. The first-order valence-corrected chi connectivity index (χ1v) is 8.53. The molecule has 0 saturated heterocycles. The third-order valence-electron chi connectivity index (χ3n) is 1.73. The Morgan fingerprint density at radius 2 is 2.07 bits per heavy atom. The Hall–Kier alpha value is 0.980. The summed E-state index contributed by atoms with van der Waals surface area (Å²) in [6.45, 7) is 0. The zero-order chi connectivity index (χ0) is 10.1. The number of nitrogens with zero attached hydrogens (tertiary/aromatic N) is 2. The van der Waals surface area contributed by atoms with E-state index in [2.05, 4.69) is 76.5 Å². The summed E-state index contributed by atoms with van der Waals surface area (Å²) in [4.78, 5) is 9.02. The number of halogens is 3. The maximum Gasteiger partial charge on any atom is 0.139 e. The van der Waals surface area contributed by atoms with Gasteiger partial charge in [-0.2, -0.15) is 0 Å². The molecule has 0 radical (unpaired) electrons. The molecule has 6 heteroatoms. The Kier molecular flexibility index (Phi) is 3.99. The Balaban J connectivity index is 2.76. The predicted octanol–water partition coefficient (Wildman–Crippen LogP) is 4.32. The minimum absolute atomic E-state index is 0.861. The molecule has 0 aliphatic rings. The van der Waals surface area contributed by atoms with Crippen molar-refractivity contribution < 1.29 is 0 Å². The molecule has 0 fully saturated rings. The van der Waals surface area contributed by atoms with Gasteiger partial charge >= 0.3 is 0 Å². The zero-order valence-corrected chi connectivity index (χ0v) is 13.6. The van der Waals surface area contributed by atoms with Gasteiger partial charge in [0.05, 0.1) is 24.8 Å². The SMILES string of the molecule is Brc1csc2c(CI)nc(CI)nc12. The summed E-state index contributed by atoms with van der Waals surface area (Å²) in [6, 6.07) is 0. The van der Waals surface area contributed by atoms with Crippen molar-refractivity contribution in [3.63, 3.8) is 0 Å². The van der Waals surface area contributed by atoms with Crippen LogP contribution in [0.15, 0.2) is 9.85 Å². The minimum atomic E-state index is 0.861. The van der Waals surface area contributed by atoms with E-state index in [9.17, 15) is 0 Å². The lowest BCUT2D eigenvalue weighted by Crippen LogP contribution is -1.95. The molecule has 0 aliphatic carbocycles. The molecular formula is C8H5BrI2N2S. The van der Waals surface area contributed by atoms with Crippen molar-refractivity contribution in [3.8, 4) is 0 Å². The maximum atomic E-state index is 4.51. The van der Waals surface area contributed by atoms with Gasteiger partial charge in [0.25, 0.3) is 0 Å². The first kappa shape index (κ1) is 11.5. The van der Waals surface area contributed by atoms with Crippen molar-refractivity contribution in [3.05, 3.63) is 21.4 Å². The average molecular weight is 495 g/mol. The summed E-state index contributed by atoms with van der Waals surface area (Å²) in [6.07, 6.45) is 0. The Bertz CT molecular complexity index is 472. The number of alkyl halides is 2. The maximum absolute atomic E-state index is 4.51. The highest BCUT2D eigenvalue weighted by atomic mass is 127. The molecule has 2 aromatic rings. The lowest BCUT2D eigenvalue weighted by atomic mass is 10.4. The average Bonchev–Trinajstić information content (AvgIpc) is 2.59. The molecule has 0 aromatic carbocycles. The molecule has 74 valence electrons. The molecule has 2 heterocycles. The highest BCUT2D eigenvalue weighted by Gasteiger charge is 2.10. The van der Waals surface area contributed by atoms with Gasteiger partial charge in [0.2, 0.25) is 0 Å². The largest absolute Gasteiger partial charge is 0.235 e. The van der Waals surface area contributed by atoms with Crippen molar-refractivity contribution in [1.29, 1.82) is 0 Å². The van der Waals surface area contributed by atoms with Gasteiger partial charge in [0.15, 0.2) is 0 Å². The molecule has 0 bridgehead atoms. The minimum Gasteiger partial charge on any atom is -0.235 e. The fourth-order valence-electron chi connectivity index (χ4n) is 1.15. The number of aromatic nitrogens is 2. The molecule has 14 heavy (non-hydrogen) atoms. The normalized spacial score (nSPS) is 11.1. The number of hydrogen-bond donors (Lipinski definition) is 0. The fraction of sp³-hybridized carbons (Fsp3) is 0.250. The van der Waals surface area contributed by atoms with Crippen LogP contribution >= 0.6 is 72.4 Å². The second-order valence-electron chi connectivity index (χ2n) is 2.62. The van der Waals surface area contributed by atoms with Crippen molar-refractivity contribution in [2.75, 3.05) is 0 Å². The third-order valence-corrected chi connectivity index (χ3v) is 5.07. The molecule has 0 spiro atoms. The van der Waals surface area contributed by atoms with E-state index in [1.807, 2.05) is 0 Å². The third kappa shape index (κ3) is 2.07. The van der Waals surface area contributed by atoms with Gasteiger partial charge in [-0.3, -0.25) is 0 Å². The quantitative estimate of drug-likeness (QED) is 0.459. The summed E-state index contributed by atoms with van der Waals surface area (Å²) in [5.41, 5.74) is 2.21. The topological polar surface area (TPSA) is 25.8 Å². The first-order chi connectivity index (χ1) is 6.76. The van der Waals surface area contributed by atoms with Crippen molar-refractivity contribution >= 4 is 82.7 Å². The predicted molar refractivity (Wildman–Crippen MR) is 80.6 cm³/mol. The van der Waals surface area contributed by atoms with E-state index in [0.717, 1.165) is 30.4 Å². The van der Waals surface area contributed by atoms with E-state index < -0.39 is 0 Å². The van der Waals surface area contributed by atoms with Crippen LogP contribution in [-0.4, -0.2) is 9.97 Å². The standard InChI is InChI=1S/C8H5BrI2N2S/c9-4-3-14-8-5(1-10)12-6(2-11)13-7(4)8/h3H,1-2H2. The molecule has 2 aromatic heterocycles. The fourth-order valence-corrected chi connectivity index (χ4v) is 3.85. The summed E-state index contributed by atoms with van der Waals surface area (Å²) in [5, 5.41) is 2.08. The molecule has 2 nitrogen and oxygen atoms in total. The summed E-state index contributed by atoms with van der Waals surface area (Å²) < 4.78 is 4.09. The second-order valence-corrected chi connectivity index (χ2v) is 5.87. The van der Waals surface area contributed by atoms with Crippen molar-refractivity contribution in [2.45, 2.75) is 8.86 Å². The van der Waals surface area contributed by atoms with Crippen LogP contribution in [0.3, 0.4) is 0 Å². The van der Waals surface area contributed by atoms with Crippen molar-refractivity contribution in [1.82, 2.24) is 9.97 Å². The van der Waals surface area contributed by atoms with Gasteiger partial charge in [0.1, 0.15) is 5.82 Å². The van der Waals surface area contributed by atoms with Gasteiger partial charge in [0, 0.05) is 9.81 Å². The van der Waals surface area contributed by atoms with Crippen LogP contribution in [0.25, 0.3) is 10.2 Å². The van der Waals surface area contributed by atoms with Gasteiger partial charge < -0.3 is 0 Å². The summed E-state index contributed by atoms with van der Waals surface area (Å²) in [7, 11) is 0. The highest BCUT2D eigenvalue weighted by Crippen LogP contribution is 2.31. The van der Waals surface area contributed by atoms with Crippen LogP contribution in [0.4, 0.5) is 0 Å². The lowest BCUT2D eigenvalue weighted by molar-refractivity contribution is 1.05. The molecule has 0 unspecified atom stereocenters. The second kappa shape index (κ2) is 4.88. The molecule has 0 aliphatic heterocycles. The molecule has 0 amide bonds. The van der Waals surface area contributed by atoms with E-state index in [4.69, 9.17) is 0 Å². The summed E-state index contributed by atoms with van der Waals surface area (Å²) in [5.74, 6) is 0.920. The van der Waals surface area contributed by atoms with Crippen molar-refractivity contribution in [2.24, 2.45) is 0 Å². The van der Waals surface area contributed by atoms with Gasteiger partial charge in [-0.05, 0) is 15.9 Å². The monoisotopic (exact) mass is 494 g/mol. The molecule has 0 atom stereocenters. The Morgan fingerprint density at radius 1 is 1.29 bits per heavy atom. The number of rotatable bonds is 2. The van der Waals surface area contributed by atoms with Gasteiger partial charge in [-0.1, -0.05) is 45.2 Å². The van der Waals surface area contributed by atoms with Crippen LogP contribution in [0, 0.1) is 0 Å². The van der Waals surface area contributed by atoms with Crippen LogP contribution < -0.4 is 0 Å². The van der Waals surface area contributed by atoms with Crippen LogP contribution in [0.2, 0.25) is 0 Å². The van der Waals surface area contributed by atoms with E-state index in [-0.39, 0.29) is 0 Å². The van der Waals surface area contributed by atoms with Crippen LogP contribution in [-0.2, 0) is 8.86 Å². The molecule has 0 N–H and O–H groups in total. The highest BCUT2D eigenvalue weighted by molar-refractivity contribution is 14.1. The number of fused-ring (bicyclic) bond motifs is 1. The van der Waals surface area contributed by atoms with E-state index in [1.165, 1.54) is 4.70 Å². The smallest absolute Gasteiger partial charge is 0.139 e. The first-order valence-electron chi connectivity index (χ1n) is 3.80. The number of hydrogen-bond acceptors (Lipinski definition) is 3. The van der Waals surface area contributed by atoms with E-state index in [1.54, 1.807) is 11.3 Å². The van der Waals surface area contributed by atoms with Crippen LogP contribution in [0.1, 0.15) is 11.5 Å². The van der Waals surface area contributed by atoms with Gasteiger partial charge in [-0.15, -0.1) is 11.3 Å². The molecular weight excluding hydrogens is 490 g/mol. The Morgan fingerprint density at radius 3 is 2.71 bits per heavy atom. The van der Waals surface area contributed by atoms with Gasteiger partial charge in [-0.25, -0.2) is 9.97 Å². The molecule has 2 rings (SSSR count). The Labute approximate surface area is 121 Å². The number of thiophene rings is 1.